The number of aromatic nitrogens is 2. The molecule has 0 unspecified atom stereocenters. The van der Waals surface area contributed by atoms with E-state index in [0.29, 0.717) is 34.5 Å². The molecule has 1 amide bonds. The third-order valence-corrected chi connectivity index (χ3v) is 4.58. The average molecular weight is 395 g/mol. The zero-order valence-corrected chi connectivity index (χ0v) is 16.9. The third-order valence-electron chi connectivity index (χ3n) is 3.99. The first-order valence-corrected chi connectivity index (χ1v) is 9.45. The largest absolute Gasteiger partial charge is 0.360 e. The molecule has 0 atom stereocenters. The van der Waals surface area contributed by atoms with Gasteiger partial charge in [0, 0.05) is 36.2 Å². The number of carbonyl (C=O) groups is 1. The first-order chi connectivity index (χ1) is 12.4. The van der Waals surface area contributed by atoms with Crippen molar-refractivity contribution >= 4 is 34.9 Å². The van der Waals surface area contributed by atoms with Gasteiger partial charge in [0.2, 0.25) is 0 Å². The number of nitrogens with one attached hydrogen (secondary N) is 1. The second kappa shape index (κ2) is 9.74. The zero-order valence-electron chi connectivity index (χ0n) is 15.4. The molecule has 7 heteroatoms. The lowest BCUT2D eigenvalue weighted by Crippen LogP contribution is -2.28. The molecule has 2 rings (SSSR count). The smallest absolute Gasteiger partial charge is 0.270 e. The maximum absolute atomic E-state index is 12.4. The highest BCUT2D eigenvalue weighted by Crippen LogP contribution is 2.21. The summed E-state index contributed by atoms with van der Waals surface area (Å²) in [7, 11) is 1.97. The Morgan fingerprint density at radius 1 is 1.23 bits per heavy atom. The van der Waals surface area contributed by atoms with Crippen LogP contribution < -0.4 is 10.2 Å². The maximum atomic E-state index is 12.4. The van der Waals surface area contributed by atoms with Crippen molar-refractivity contribution < 1.29 is 4.79 Å². The highest BCUT2D eigenvalue weighted by molar-refractivity contribution is 6.35. The quantitative estimate of drug-likeness (QED) is 0.724. The van der Waals surface area contributed by atoms with Crippen molar-refractivity contribution in [3.63, 3.8) is 0 Å². The van der Waals surface area contributed by atoms with Gasteiger partial charge in [-0.05, 0) is 37.5 Å². The fourth-order valence-electron chi connectivity index (χ4n) is 2.50. The van der Waals surface area contributed by atoms with Gasteiger partial charge in [-0.1, -0.05) is 42.6 Å². The Morgan fingerprint density at radius 3 is 2.69 bits per heavy atom. The highest BCUT2D eigenvalue weighted by Gasteiger charge is 2.12. The lowest BCUT2D eigenvalue weighted by Gasteiger charge is -2.18. The van der Waals surface area contributed by atoms with Gasteiger partial charge < -0.3 is 10.2 Å². The number of unbranched alkanes of at least 4 members (excludes halogenated alkanes) is 1. The molecule has 2 aromatic rings. The molecule has 0 aliphatic rings. The molecule has 0 radical (unpaired) electrons. The number of carbonyl (C=O) groups excluding carboxylic acids is 1. The minimum atomic E-state index is -0.217. The van der Waals surface area contributed by atoms with Crippen LogP contribution in [0.3, 0.4) is 0 Å². The number of amides is 1. The second-order valence-corrected chi connectivity index (χ2v) is 7.02. The molecule has 0 spiro atoms. The van der Waals surface area contributed by atoms with Gasteiger partial charge in [-0.25, -0.2) is 9.97 Å². The Morgan fingerprint density at radius 2 is 2.00 bits per heavy atom. The van der Waals surface area contributed by atoms with Gasteiger partial charge in [0.25, 0.3) is 5.91 Å². The summed E-state index contributed by atoms with van der Waals surface area (Å²) in [6.07, 6.45) is 2.80. The van der Waals surface area contributed by atoms with Crippen molar-refractivity contribution in [3.05, 3.63) is 51.4 Å². The van der Waals surface area contributed by atoms with Gasteiger partial charge in [0.05, 0.1) is 0 Å². The molecule has 0 saturated heterocycles. The number of rotatable bonds is 8. The van der Waals surface area contributed by atoms with Crippen molar-refractivity contribution in [1.82, 2.24) is 15.3 Å². The summed E-state index contributed by atoms with van der Waals surface area (Å²) in [4.78, 5) is 23.2. The molecule has 0 aliphatic carbocycles. The molecule has 0 aliphatic heterocycles. The summed E-state index contributed by atoms with van der Waals surface area (Å²) in [5, 5.41) is 4.08. The van der Waals surface area contributed by atoms with E-state index in [1.165, 1.54) is 0 Å². The van der Waals surface area contributed by atoms with Gasteiger partial charge in [0.15, 0.2) is 0 Å². The number of halogens is 2. The molecule has 26 heavy (non-hydrogen) atoms. The van der Waals surface area contributed by atoms with Crippen LogP contribution >= 0.6 is 23.2 Å². The predicted molar refractivity (Wildman–Crippen MR) is 107 cm³/mol. The van der Waals surface area contributed by atoms with Gasteiger partial charge in [-0.2, -0.15) is 0 Å². The zero-order chi connectivity index (χ0) is 19.1. The molecular formula is C19H24Cl2N4O. The molecule has 140 valence electrons. The molecule has 5 nitrogen and oxygen atoms in total. The van der Waals surface area contributed by atoms with Gasteiger partial charge >= 0.3 is 0 Å². The average Bonchev–Trinajstić information content (AvgIpc) is 2.60. The van der Waals surface area contributed by atoms with E-state index in [1.54, 1.807) is 25.1 Å². The van der Waals surface area contributed by atoms with E-state index in [1.807, 2.05) is 18.0 Å². The molecule has 1 aromatic carbocycles. The lowest BCUT2D eigenvalue weighted by atomic mass is 10.1. The minimum Gasteiger partial charge on any atom is -0.360 e. The number of aryl methyl sites for hydroxylation is 1. The molecule has 0 fully saturated rings. The van der Waals surface area contributed by atoms with Crippen molar-refractivity contribution in [2.45, 2.75) is 33.1 Å². The fraction of sp³-hybridized carbons (Fsp3) is 0.421. The van der Waals surface area contributed by atoms with Crippen molar-refractivity contribution in [1.29, 1.82) is 0 Å². The number of nitrogens with zero attached hydrogens (tertiary/aromatic N) is 3. The topological polar surface area (TPSA) is 58.1 Å². The Balaban J connectivity index is 1.99. The fourth-order valence-corrected chi connectivity index (χ4v) is 3.00. The van der Waals surface area contributed by atoms with Crippen LogP contribution in [0, 0.1) is 6.92 Å². The van der Waals surface area contributed by atoms with E-state index in [9.17, 15) is 4.79 Å². The van der Waals surface area contributed by atoms with Crippen LogP contribution in [0.1, 0.15) is 41.6 Å². The summed E-state index contributed by atoms with van der Waals surface area (Å²) in [6.45, 7) is 5.29. The van der Waals surface area contributed by atoms with E-state index in [2.05, 4.69) is 22.2 Å². The monoisotopic (exact) mass is 394 g/mol. The number of hydrogen-bond donors (Lipinski definition) is 1. The molecule has 1 aromatic heterocycles. The third kappa shape index (κ3) is 5.85. The van der Waals surface area contributed by atoms with Crippen LogP contribution in [-0.2, 0) is 6.42 Å². The number of anilines is 1. The Labute approximate surface area is 164 Å². The van der Waals surface area contributed by atoms with Crippen LogP contribution in [0.25, 0.3) is 0 Å². The lowest BCUT2D eigenvalue weighted by molar-refractivity contribution is 0.0948. The number of benzene rings is 1. The van der Waals surface area contributed by atoms with Crippen molar-refractivity contribution in [2.75, 3.05) is 25.0 Å². The molecular weight excluding hydrogens is 371 g/mol. The van der Waals surface area contributed by atoms with E-state index < -0.39 is 0 Å². The van der Waals surface area contributed by atoms with E-state index in [4.69, 9.17) is 23.2 Å². The Kier molecular flexibility index (Phi) is 7.66. The van der Waals surface area contributed by atoms with Crippen LogP contribution in [0.15, 0.2) is 24.3 Å². The van der Waals surface area contributed by atoms with Gasteiger partial charge in [0.1, 0.15) is 17.3 Å². The summed E-state index contributed by atoms with van der Waals surface area (Å²) < 4.78 is 0. The van der Waals surface area contributed by atoms with E-state index >= 15 is 0 Å². The summed E-state index contributed by atoms with van der Waals surface area (Å²) >= 11 is 12.1. The van der Waals surface area contributed by atoms with Crippen molar-refractivity contribution in [3.8, 4) is 0 Å². The van der Waals surface area contributed by atoms with Gasteiger partial charge in [-0.15, -0.1) is 0 Å². The van der Waals surface area contributed by atoms with Gasteiger partial charge in [-0.3, -0.25) is 4.79 Å². The summed E-state index contributed by atoms with van der Waals surface area (Å²) in [5.41, 5.74) is 1.31. The summed E-state index contributed by atoms with van der Waals surface area (Å²) in [5.74, 6) is 1.12. The SMILES string of the molecule is CCCCN(C)c1cc(C(=O)NCCc2ccc(Cl)cc2Cl)nc(C)n1. The summed E-state index contributed by atoms with van der Waals surface area (Å²) in [6, 6.07) is 7.09. The normalized spacial score (nSPS) is 10.7. The number of hydrogen-bond acceptors (Lipinski definition) is 4. The molecule has 1 N–H and O–H groups in total. The van der Waals surface area contributed by atoms with Crippen LogP contribution in [0.5, 0.6) is 0 Å². The molecule has 1 heterocycles. The second-order valence-electron chi connectivity index (χ2n) is 6.18. The first kappa shape index (κ1) is 20.5. The maximum Gasteiger partial charge on any atom is 0.270 e. The Bertz CT molecular complexity index is 767. The molecule has 0 bridgehead atoms. The molecule has 0 saturated carbocycles. The van der Waals surface area contributed by atoms with Crippen LogP contribution in [0.2, 0.25) is 10.0 Å². The van der Waals surface area contributed by atoms with Crippen LogP contribution in [0.4, 0.5) is 5.82 Å². The van der Waals surface area contributed by atoms with E-state index in [0.717, 1.165) is 30.8 Å². The first-order valence-electron chi connectivity index (χ1n) is 8.69. The van der Waals surface area contributed by atoms with Crippen LogP contribution in [-0.4, -0.2) is 36.0 Å². The highest BCUT2D eigenvalue weighted by atomic mass is 35.5. The minimum absolute atomic E-state index is 0.217. The predicted octanol–water partition coefficient (Wildman–Crippen LogP) is 4.30. The van der Waals surface area contributed by atoms with Crippen molar-refractivity contribution in [2.24, 2.45) is 0 Å². The van der Waals surface area contributed by atoms with E-state index in [-0.39, 0.29) is 5.91 Å². The standard InChI is InChI=1S/C19H24Cl2N4O/c1-4-5-10-25(3)18-12-17(23-13(2)24-18)19(26)22-9-8-14-6-7-15(20)11-16(14)21/h6-7,11-12H,4-5,8-10H2,1-3H3,(H,22,26). The Hall–Kier alpha value is -1.85.